The molecule has 0 unspecified atom stereocenters. The van der Waals surface area contributed by atoms with Crippen LogP contribution in [-0.4, -0.2) is 22.9 Å². The Bertz CT molecular complexity index is 1120. The van der Waals surface area contributed by atoms with Crippen LogP contribution in [0.3, 0.4) is 0 Å². The zero-order chi connectivity index (χ0) is 22.2. The summed E-state index contributed by atoms with van der Waals surface area (Å²) in [7, 11) is 1.67. The Morgan fingerprint density at radius 3 is 2.56 bits per heavy atom. The topological polar surface area (TPSA) is 80.7 Å². The normalized spacial score (nSPS) is 10.9. The van der Waals surface area contributed by atoms with Gasteiger partial charge in [0.1, 0.15) is 17.8 Å². The Balaban J connectivity index is 1.46. The highest BCUT2D eigenvalue weighted by molar-refractivity contribution is 5.91. The standard InChI is InChI=1S/C25H25N3O4/c1-30-23-12-6-5-10-20(23)16-28(15-19-8-3-2-4-9-19)17-24-27-22(18-32-24)25(29)26-14-21-11-7-13-31-21/h2-13,18H,14-17H2,1H3,(H,26,29). The molecule has 32 heavy (non-hydrogen) atoms. The van der Waals surface area contributed by atoms with E-state index in [9.17, 15) is 4.79 Å². The van der Waals surface area contributed by atoms with Gasteiger partial charge in [-0.25, -0.2) is 4.98 Å². The van der Waals surface area contributed by atoms with E-state index in [1.165, 1.54) is 11.8 Å². The Morgan fingerprint density at radius 1 is 0.969 bits per heavy atom. The molecule has 0 radical (unpaired) electrons. The quantitative estimate of drug-likeness (QED) is 0.401. The van der Waals surface area contributed by atoms with Crippen LogP contribution in [0.25, 0.3) is 0 Å². The van der Waals surface area contributed by atoms with Crippen molar-refractivity contribution in [3.8, 4) is 5.75 Å². The van der Waals surface area contributed by atoms with Crippen LogP contribution >= 0.6 is 0 Å². The van der Waals surface area contributed by atoms with E-state index >= 15 is 0 Å². The molecule has 7 heteroatoms. The minimum Gasteiger partial charge on any atom is -0.496 e. The SMILES string of the molecule is COc1ccccc1CN(Cc1ccccc1)Cc1nc(C(=O)NCc2ccco2)co1. The van der Waals surface area contributed by atoms with Crippen LogP contribution in [0.15, 0.2) is 88.1 Å². The summed E-state index contributed by atoms with van der Waals surface area (Å²) >= 11 is 0. The van der Waals surface area contributed by atoms with Gasteiger partial charge in [0, 0.05) is 18.7 Å². The lowest BCUT2D eigenvalue weighted by Gasteiger charge is -2.22. The van der Waals surface area contributed by atoms with Crippen LogP contribution in [0.4, 0.5) is 0 Å². The molecule has 4 aromatic rings. The Kier molecular flexibility index (Phi) is 6.99. The first-order chi connectivity index (χ1) is 15.7. The Hall–Kier alpha value is -3.84. The predicted octanol–water partition coefficient (Wildman–Crippen LogP) is 4.41. The number of hydrogen-bond donors (Lipinski definition) is 1. The van der Waals surface area contributed by atoms with Gasteiger partial charge in [0.2, 0.25) is 5.89 Å². The molecule has 0 fully saturated rings. The first-order valence-electron chi connectivity index (χ1n) is 10.3. The smallest absolute Gasteiger partial charge is 0.273 e. The van der Waals surface area contributed by atoms with E-state index in [0.717, 1.165) is 11.3 Å². The molecule has 1 amide bonds. The van der Waals surface area contributed by atoms with E-state index in [0.29, 0.717) is 37.8 Å². The first kappa shape index (κ1) is 21.4. The highest BCUT2D eigenvalue weighted by Crippen LogP contribution is 2.21. The van der Waals surface area contributed by atoms with Crippen molar-refractivity contribution in [2.45, 2.75) is 26.2 Å². The molecule has 0 saturated carbocycles. The fourth-order valence-electron chi connectivity index (χ4n) is 3.43. The molecular formula is C25H25N3O4. The Morgan fingerprint density at radius 2 is 1.78 bits per heavy atom. The lowest BCUT2D eigenvalue weighted by Crippen LogP contribution is -2.24. The van der Waals surface area contributed by atoms with Gasteiger partial charge < -0.3 is 18.9 Å². The number of nitrogens with one attached hydrogen (secondary N) is 1. The van der Waals surface area contributed by atoms with Crippen molar-refractivity contribution in [1.29, 1.82) is 0 Å². The Labute approximate surface area is 186 Å². The van der Waals surface area contributed by atoms with E-state index in [2.05, 4.69) is 27.3 Å². The fourth-order valence-corrected chi connectivity index (χ4v) is 3.43. The van der Waals surface area contributed by atoms with Crippen molar-refractivity contribution in [2.75, 3.05) is 7.11 Å². The second-order valence-electron chi connectivity index (χ2n) is 7.33. The minimum atomic E-state index is -0.310. The number of rotatable bonds is 10. The highest BCUT2D eigenvalue weighted by Gasteiger charge is 2.17. The molecule has 2 aromatic heterocycles. The van der Waals surface area contributed by atoms with Gasteiger partial charge in [-0.05, 0) is 23.8 Å². The van der Waals surface area contributed by atoms with Gasteiger partial charge >= 0.3 is 0 Å². The number of aromatic nitrogens is 1. The maximum Gasteiger partial charge on any atom is 0.273 e. The van der Waals surface area contributed by atoms with Crippen molar-refractivity contribution < 1.29 is 18.4 Å². The number of ether oxygens (including phenoxy) is 1. The summed E-state index contributed by atoms with van der Waals surface area (Å²) in [6, 6.07) is 21.7. The molecule has 0 bridgehead atoms. The molecule has 1 N–H and O–H groups in total. The maximum absolute atomic E-state index is 12.4. The second-order valence-corrected chi connectivity index (χ2v) is 7.33. The van der Waals surface area contributed by atoms with Crippen LogP contribution in [0, 0.1) is 0 Å². The number of nitrogens with zero attached hydrogens (tertiary/aromatic N) is 2. The lowest BCUT2D eigenvalue weighted by atomic mass is 10.1. The maximum atomic E-state index is 12.4. The van der Waals surface area contributed by atoms with Gasteiger partial charge in [-0.1, -0.05) is 48.5 Å². The van der Waals surface area contributed by atoms with Crippen LogP contribution in [-0.2, 0) is 26.2 Å². The van der Waals surface area contributed by atoms with Gasteiger partial charge in [0.15, 0.2) is 5.69 Å². The molecule has 4 rings (SSSR count). The average Bonchev–Trinajstić information content (AvgIpc) is 3.51. The molecule has 0 aliphatic rings. The van der Waals surface area contributed by atoms with Gasteiger partial charge in [-0.3, -0.25) is 9.69 Å². The summed E-state index contributed by atoms with van der Waals surface area (Å²) in [5, 5.41) is 2.78. The molecule has 0 saturated heterocycles. The van der Waals surface area contributed by atoms with Gasteiger partial charge in [0.05, 0.1) is 26.5 Å². The predicted molar refractivity (Wildman–Crippen MR) is 119 cm³/mol. The number of hydrogen-bond acceptors (Lipinski definition) is 6. The molecular weight excluding hydrogens is 406 g/mol. The van der Waals surface area contributed by atoms with E-state index in [1.54, 1.807) is 25.5 Å². The number of amides is 1. The van der Waals surface area contributed by atoms with Crippen molar-refractivity contribution in [3.05, 3.63) is 108 Å². The largest absolute Gasteiger partial charge is 0.496 e. The second kappa shape index (κ2) is 10.5. The molecule has 2 aromatic carbocycles. The van der Waals surface area contributed by atoms with Gasteiger partial charge in [0.25, 0.3) is 5.91 Å². The summed E-state index contributed by atoms with van der Waals surface area (Å²) in [6.07, 6.45) is 2.95. The third kappa shape index (κ3) is 5.65. The van der Waals surface area contributed by atoms with Gasteiger partial charge in [-0.2, -0.15) is 0 Å². The first-order valence-corrected chi connectivity index (χ1v) is 10.3. The third-order valence-corrected chi connectivity index (χ3v) is 4.98. The van der Waals surface area contributed by atoms with Crippen LogP contribution in [0.1, 0.15) is 33.3 Å². The van der Waals surface area contributed by atoms with Crippen LogP contribution in [0.2, 0.25) is 0 Å². The minimum absolute atomic E-state index is 0.239. The molecule has 164 valence electrons. The average molecular weight is 431 g/mol. The van der Waals surface area contributed by atoms with E-state index in [-0.39, 0.29) is 11.6 Å². The number of benzene rings is 2. The van der Waals surface area contributed by atoms with Crippen molar-refractivity contribution in [3.63, 3.8) is 0 Å². The summed E-state index contributed by atoms with van der Waals surface area (Å²) in [6.45, 7) is 2.07. The molecule has 0 aliphatic carbocycles. The van der Waals surface area contributed by atoms with Crippen LogP contribution < -0.4 is 10.1 Å². The van der Waals surface area contributed by atoms with Crippen molar-refractivity contribution >= 4 is 5.91 Å². The van der Waals surface area contributed by atoms with E-state index in [1.807, 2.05) is 42.5 Å². The number of carbonyl (C=O) groups is 1. The van der Waals surface area contributed by atoms with Crippen molar-refractivity contribution in [2.24, 2.45) is 0 Å². The monoisotopic (exact) mass is 431 g/mol. The molecule has 0 spiro atoms. The number of methoxy groups -OCH3 is 1. The van der Waals surface area contributed by atoms with E-state index < -0.39 is 0 Å². The zero-order valence-electron chi connectivity index (χ0n) is 17.9. The van der Waals surface area contributed by atoms with Gasteiger partial charge in [-0.15, -0.1) is 0 Å². The molecule has 0 aliphatic heterocycles. The third-order valence-electron chi connectivity index (χ3n) is 4.98. The van der Waals surface area contributed by atoms with Crippen molar-refractivity contribution in [1.82, 2.24) is 15.2 Å². The highest BCUT2D eigenvalue weighted by atomic mass is 16.5. The summed E-state index contributed by atoms with van der Waals surface area (Å²) < 4.78 is 16.4. The van der Waals surface area contributed by atoms with Crippen LogP contribution in [0.5, 0.6) is 5.75 Å². The number of furan rings is 1. The number of carbonyl (C=O) groups excluding carboxylic acids is 1. The number of para-hydroxylation sites is 1. The molecule has 0 atom stereocenters. The zero-order valence-corrected chi connectivity index (χ0v) is 17.9. The summed E-state index contributed by atoms with van der Waals surface area (Å²) in [5.41, 5.74) is 2.47. The summed E-state index contributed by atoms with van der Waals surface area (Å²) in [4.78, 5) is 19.0. The molecule has 2 heterocycles. The fraction of sp³-hybridized carbons (Fsp3) is 0.200. The molecule has 7 nitrogen and oxygen atoms in total. The van der Waals surface area contributed by atoms with E-state index in [4.69, 9.17) is 13.6 Å². The summed E-state index contributed by atoms with van der Waals surface area (Å²) in [5.74, 6) is 1.67. The lowest BCUT2D eigenvalue weighted by molar-refractivity contribution is 0.0943. The number of oxazole rings is 1.